The smallest absolute Gasteiger partial charge is 0.241 e. The van der Waals surface area contributed by atoms with Crippen molar-refractivity contribution in [2.75, 3.05) is 6.67 Å². The third-order valence-corrected chi connectivity index (χ3v) is 4.76. The fourth-order valence-corrected chi connectivity index (χ4v) is 3.42. The first-order valence-electron chi connectivity index (χ1n) is 7.78. The van der Waals surface area contributed by atoms with Crippen LogP contribution < -0.4 is 5.32 Å². The van der Waals surface area contributed by atoms with Crippen molar-refractivity contribution >= 4 is 5.91 Å². The summed E-state index contributed by atoms with van der Waals surface area (Å²) in [4.78, 5) is 14.5. The maximum Gasteiger partial charge on any atom is 0.241 e. The van der Waals surface area contributed by atoms with Crippen LogP contribution in [0.15, 0.2) is 0 Å². The second kappa shape index (κ2) is 6.55. The monoisotopic (exact) mass is 252 g/mol. The number of amides is 1. The number of hydrogen-bond donors (Lipinski definition) is 1. The largest absolute Gasteiger partial charge is 0.326 e. The Morgan fingerprint density at radius 3 is 2.72 bits per heavy atom. The average Bonchev–Trinajstić information content (AvgIpc) is 2.78. The van der Waals surface area contributed by atoms with E-state index in [-0.39, 0.29) is 6.04 Å². The van der Waals surface area contributed by atoms with Crippen LogP contribution in [-0.2, 0) is 4.79 Å². The number of nitrogens with zero attached hydrogens (tertiary/aromatic N) is 1. The molecule has 2 fully saturated rings. The van der Waals surface area contributed by atoms with E-state index in [0.29, 0.717) is 11.9 Å². The first-order valence-corrected chi connectivity index (χ1v) is 7.78. The number of hydrogen-bond acceptors (Lipinski definition) is 2. The predicted molar refractivity (Wildman–Crippen MR) is 74.2 cm³/mol. The molecule has 0 aromatic carbocycles. The van der Waals surface area contributed by atoms with Crippen LogP contribution in [0.5, 0.6) is 0 Å². The number of nitrogens with one attached hydrogen (secondary N) is 1. The van der Waals surface area contributed by atoms with E-state index in [0.717, 1.165) is 25.4 Å². The maximum atomic E-state index is 12.4. The molecule has 0 radical (unpaired) electrons. The van der Waals surface area contributed by atoms with E-state index in [2.05, 4.69) is 24.1 Å². The third kappa shape index (κ3) is 3.05. The Hall–Kier alpha value is -0.570. The van der Waals surface area contributed by atoms with Gasteiger partial charge in [0.15, 0.2) is 0 Å². The van der Waals surface area contributed by atoms with Crippen molar-refractivity contribution in [1.82, 2.24) is 10.2 Å². The normalized spacial score (nSPS) is 27.8. The molecule has 2 unspecified atom stereocenters. The molecule has 2 rings (SSSR count). The minimum atomic E-state index is 0.0935. The van der Waals surface area contributed by atoms with Crippen molar-refractivity contribution in [3.05, 3.63) is 0 Å². The van der Waals surface area contributed by atoms with E-state index >= 15 is 0 Å². The molecular weight excluding hydrogens is 224 g/mol. The Bertz CT molecular complexity index is 274. The van der Waals surface area contributed by atoms with Crippen LogP contribution in [-0.4, -0.2) is 29.6 Å². The molecule has 1 N–H and O–H groups in total. The van der Waals surface area contributed by atoms with E-state index < -0.39 is 0 Å². The van der Waals surface area contributed by atoms with Gasteiger partial charge < -0.3 is 4.90 Å². The van der Waals surface area contributed by atoms with Crippen LogP contribution >= 0.6 is 0 Å². The SMILES string of the molecule is CCCCC1NCN(C(C)C2CCCCC2)C1=O. The Morgan fingerprint density at radius 1 is 1.33 bits per heavy atom. The molecule has 1 saturated heterocycles. The maximum absolute atomic E-state index is 12.4. The highest BCUT2D eigenvalue weighted by molar-refractivity contribution is 5.84. The van der Waals surface area contributed by atoms with Gasteiger partial charge in [-0.05, 0) is 32.1 Å². The summed E-state index contributed by atoms with van der Waals surface area (Å²) in [6, 6.07) is 0.521. The molecular formula is C15H28N2O. The summed E-state index contributed by atoms with van der Waals surface area (Å²) in [5.41, 5.74) is 0. The average molecular weight is 252 g/mol. The van der Waals surface area contributed by atoms with Gasteiger partial charge in [0.05, 0.1) is 12.7 Å². The number of rotatable bonds is 5. The summed E-state index contributed by atoms with van der Waals surface area (Å²) in [7, 11) is 0. The third-order valence-electron chi connectivity index (χ3n) is 4.76. The van der Waals surface area contributed by atoms with E-state index in [1.165, 1.54) is 38.5 Å². The lowest BCUT2D eigenvalue weighted by molar-refractivity contribution is -0.131. The molecule has 18 heavy (non-hydrogen) atoms. The Balaban J connectivity index is 1.87. The molecule has 0 bridgehead atoms. The van der Waals surface area contributed by atoms with Gasteiger partial charge in [0.1, 0.15) is 0 Å². The van der Waals surface area contributed by atoms with Crippen LogP contribution in [0.3, 0.4) is 0 Å². The minimum absolute atomic E-state index is 0.0935. The number of carbonyl (C=O) groups excluding carboxylic acids is 1. The van der Waals surface area contributed by atoms with Gasteiger partial charge in [0.2, 0.25) is 5.91 Å². The van der Waals surface area contributed by atoms with Crippen molar-refractivity contribution in [3.63, 3.8) is 0 Å². The molecule has 1 heterocycles. The van der Waals surface area contributed by atoms with Crippen LogP contribution in [0.25, 0.3) is 0 Å². The summed E-state index contributed by atoms with van der Waals surface area (Å²) in [5, 5.41) is 3.39. The summed E-state index contributed by atoms with van der Waals surface area (Å²) < 4.78 is 0. The van der Waals surface area contributed by atoms with Gasteiger partial charge >= 0.3 is 0 Å². The fourth-order valence-electron chi connectivity index (χ4n) is 3.42. The minimum Gasteiger partial charge on any atom is -0.326 e. The van der Waals surface area contributed by atoms with Gasteiger partial charge in [-0.3, -0.25) is 10.1 Å². The lowest BCUT2D eigenvalue weighted by Crippen LogP contribution is -2.41. The van der Waals surface area contributed by atoms with E-state index in [4.69, 9.17) is 0 Å². The Morgan fingerprint density at radius 2 is 2.06 bits per heavy atom. The van der Waals surface area contributed by atoms with Crippen molar-refractivity contribution in [3.8, 4) is 0 Å². The molecule has 0 aromatic rings. The predicted octanol–water partition coefficient (Wildman–Crippen LogP) is 2.90. The fraction of sp³-hybridized carbons (Fsp3) is 0.933. The van der Waals surface area contributed by atoms with Gasteiger partial charge in [0.25, 0.3) is 0 Å². The Kier molecular flexibility index (Phi) is 5.04. The van der Waals surface area contributed by atoms with Gasteiger partial charge in [-0.25, -0.2) is 0 Å². The molecule has 1 aliphatic heterocycles. The molecule has 1 aliphatic carbocycles. The van der Waals surface area contributed by atoms with Crippen LogP contribution in [0.4, 0.5) is 0 Å². The van der Waals surface area contributed by atoms with E-state index in [9.17, 15) is 4.79 Å². The molecule has 1 amide bonds. The quantitative estimate of drug-likeness (QED) is 0.816. The summed E-state index contributed by atoms with van der Waals surface area (Å²) in [5.74, 6) is 1.08. The van der Waals surface area contributed by atoms with Gasteiger partial charge in [-0.1, -0.05) is 39.0 Å². The number of unbranched alkanes of at least 4 members (excludes halogenated alkanes) is 1. The molecule has 3 nitrogen and oxygen atoms in total. The standard InChI is InChI=1S/C15H28N2O/c1-3-4-10-14-15(18)17(11-16-14)12(2)13-8-6-5-7-9-13/h12-14,16H,3-11H2,1-2H3. The van der Waals surface area contributed by atoms with Gasteiger partial charge in [-0.15, -0.1) is 0 Å². The zero-order valence-corrected chi connectivity index (χ0v) is 12.0. The van der Waals surface area contributed by atoms with Crippen molar-refractivity contribution in [2.24, 2.45) is 5.92 Å². The van der Waals surface area contributed by atoms with E-state index in [1.807, 2.05) is 0 Å². The lowest BCUT2D eigenvalue weighted by Gasteiger charge is -2.33. The van der Waals surface area contributed by atoms with Crippen molar-refractivity contribution < 1.29 is 4.79 Å². The van der Waals surface area contributed by atoms with E-state index in [1.54, 1.807) is 0 Å². The molecule has 104 valence electrons. The van der Waals surface area contributed by atoms with Crippen LogP contribution in [0.1, 0.15) is 65.2 Å². The summed E-state index contributed by atoms with van der Waals surface area (Å²) in [6.45, 7) is 5.20. The second-order valence-corrected chi connectivity index (χ2v) is 6.00. The van der Waals surface area contributed by atoms with Crippen LogP contribution in [0.2, 0.25) is 0 Å². The molecule has 2 atom stereocenters. The zero-order chi connectivity index (χ0) is 13.0. The van der Waals surface area contributed by atoms with Crippen LogP contribution in [0, 0.1) is 5.92 Å². The highest BCUT2D eigenvalue weighted by Gasteiger charge is 2.36. The number of carbonyl (C=O) groups is 1. The molecule has 1 saturated carbocycles. The van der Waals surface area contributed by atoms with Gasteiger partial charge in [-0.2, -0.15) is 0 Å². The zero-order valence-electron chi connectivity index (χ0n) is 12.0. The summed E-state index contributed by atoms with van der Waals surface area (Å²) >= 11 is 0. The van der Waals surface area contributed by atoms with Crippen molar-refractivity contribution in [1.29, 1.82) is 0 Å². The molecule has 0 spiro atoms. The molecule has 0 aromatic heterocycles. The molecule has 3 heteroatoms. The van der Waals surface area contributed by atoms with Crippen molar-refractivity contribution in [2.45, 2.75) is 77.3 Å². The first-order chi connectivity index (χ1) is 8.74. The highest BCUT2D eigenvalue weighted by Crippen LogP contribution is 2.30. The van der Waals surface area contributed by atoms with Gasteiger partial charge in [0, 0.05) is 6.04 Å². The topological polar surface area (TPSA) is 32.3 Å². The molecule has 2 aliphatic rings. The highest BCUT2D eigenvalue weighted by atomic mass is 16.2. The lowest BCUT2D eigenvalue weighted by atomic mass is 9.84. The second-order valence-electron chi connectivity index (χ2n) is 6.00. The summed E-state index contributed by atoms with van der Waals surface area (Å²) in [6.07, 6.45) is 10.0. The Labute approximate surface area is 111 Å². The first kappa shape index (κ1) is 13.9.